The van der Waals surface area contributed by atoms with Crippen molar-refractivity contribution in [1.29, 1.82) is 0 Å². The molecule has 0 amide bonds. The summed E-state index contributed by atoms with van der Waals surface area (Å²) < 4.78 is 0. The summed E-state index contributed by atoms with van der Waals surface area (Å²) in [6.07, 6.45) is 3.95. The van der Waals surface area contributed by atoms with E-state index in [-0.39, 0.29) is 0 Å². The van der Waals surface area contributed by atoms with Crippen LogP contribution in [0.2, 0.25) is 0 Å². The Bertz CT molecular complexity index is 214. The largest absolute Gasteiger partial charge is 0.0893 e. The zero-order valence-corrected chi connectivity index (χ0v) is 8.42. The minimum absolute atomic E-state index is 0.490. The van der Waals surface area contributed by atoms with Crippen LogP contribution in [0.4, 0.5) is 0 Å². The molecule has 0 spiro atoms. The predicted molar refractivity (Wildman–Crippen MR) is 51.8 cm³/mol. The Morgan fingerprint density at radius 2 is 2.00 bits per heavy atom. The maximum Gasteiger partial charge on any atom is -0.00294 e. The van der Waals surface area contributed by atoms with Crippen LogP contribution < -0.4 is 0 Å². The third kappa shape index (κ3) is 0.729. The van der Waals surface area contributed by atoms with Crippen molar-refractivity contribution in [3.8, 4) is 0 Å². The van der Waals surface area contributed by atoms with Crippen molar-refractivity contribution in [3.63, 3.8) is 0 Å². The highest BCUT2D eigenvalue weighted by atomic mass is 32.1. The van der Waals surface area contributed by atoms with Crippen molar-refractivity contribution in [2.75, 3.05) is 0 Å². The number of rotatable bonds is 0. The number of thiocarbonyl (C=S) groups is 1. The maximum absolute atomic E-state index is 5.39. The lowest BCUT2D eigenvalue weighted by Gasteiger charge is -2.33. The van der Waals surface area contributed by atoms with E-state index in [1.165, 1.54) is 24.1 Å². The highest BCUT2D eigenvalue weighted by molar-refractivity contribution is 7.80. The molecule has 2 aliphatic carbocycles. The van der Waals surface area contributed by atoms with Gasteiger partial charge in [0.05, 0.1) is 0 Å². The van der Waals surface area contributed by atoms with Gasteiger partial charge in [-0.2, -0.15) is 0 Å². The molecule has 0 saturated heterocycles. The van der Waals surface area contributed by atoms with Crippen LogP contribution in [-0.2, 0) is 0 Å². The van der Waals surface area contributed by atoms with E-state index < -0.39 is 0 Å². The van der Waals surface area contributed by atoms with Crippen LogP contribution in [0.1, 0.15) is 40.0 Å². The molecule has 2 atom stereocenters. The first-order valence-electron chi connectivity index (χ1n) is 4.50. The highest BCUT2D eigenvalue weighted by Crippen LogP contribution is 2.64. The lowest BCUT2D eigenvalue weighted by Crippen LogP contribution is -2.26. The van der Waals surface area contributed by atoms with Crippen molar-refractivity contribution in [3.05, 3.63) is 0 Å². The van der Waals surface area contributed by atoms with Crippen LogP contribution >= 0.6 is 12.2 Å². The van der Waals surface area contributed by atoms with E-state index in [1.54, 1.807) is 0 Å². The van der Waals surface area contributed by atoms with Gasteiger partial charge in [-0.15, -0.1) is 0 Å². The van der Waals surface area contributed by atoms with Gasteiger partial charge in [0.2, 0.25) is 0 Å². The second-order valence-electron chi connectivity index (χ2n) is 5.02. The zero-order valence-electron chi connectivity index (χ0n) is 7.61. The molecule has 0 radical (unpaired) electrons. The fourth-order valence-electron chi connectivity index (χ4n) is 2.95. The quantitative estimate of drug-likeness (QED) is 0.500. The molecule has 0 aromatic rings. The Kier molecular flexibility index (Phi) is 1.32. The Morgan fingerprint density at radius 3 is 2.18 bits per heavy atom. The van der Waals surface area contributed by atoms with Crippen LogP contribution in [0.25, 0.3) is 0 Å². The van der Waals surface area contributed by atoms with Gasteiger partial charge in [0, 0.05) is 0 Å². The molecule has 2 rings (SSSR count). The predicted octanol–water partition coefficient (Wildman–Crippen LogP) is 3.20. The SMILES string of the molecule is CC1(C)[C@@H]2CC[C@@]1(C)CC2=S. The summed E-state index contributed by atoms with van der Waals surface area (Å²) in [5.74, 6) is 0.752. The van der Waals surface area contributed by atoms with E-state index in [1.807, 2.05) is 0 Å². The molecule has 62 valence electrons. The van der Waals surface area contributed by atoms with Crippen LogP contribution in [-0.4, -0.2) is 4.86 Å². The van der Waals surface area contributed by atoms with Crippen molar-refractivity contribution in [2.24, 2.45) is 16.7 Å². The average Bonchev–Trinajstić information content (AvgIpc) is 2.13. The van der Waals surface area contributed by atoms with E-state index in [9.17, 15) is 0 Å². The fraction of sp³-hybridized carbons (Fsp3) is 0.900. The molecule has 2 saturated carbocycles. The van der Waals surface area contributed by atoms with Gasteiger partial charge in [0.1, 0.15) is 0 Å². The Morgan fingerprint density at radius 1 is 1.36 bits per heavy atom. The minimum Gasteiger partial charge on any atom is -0.0893 e. The molecular weight excluding hydrogens is 152 g/mol. The summed E-state index contributed by atoms with van der Waals surface area (Å²) in [5.41, 5.74) is 1.03. The first kappa shape index (κ1) is 7.72. The van der Waals surface area contributed by atoms with Crippen molar-refractivity contribution in [2.45, 2.75) is 40.0 Å². The van der Waals surface area contributed by atoms with Gasteiger partial charge in [0.15, 0.2) is 0 Å². The van der Waals surface area contributed by atoms with Crippen molar-refractivity contribution in [1.82, 2.24) is 0 Å². The lowest BCUT2D eigenvalue weighted by atomic mass is 9.71. The lowest BCUT2D eigenvalue weighted by molar-refractivity contribution is 0.152. The van der Waals surface area contributed by atoms with E-state index in [0.29, 0.717) is 10.8 Å². The summed E-state index contributed by atoms with van der Waals surface area (Å²) in [4.78, 5) is 1.35. The van der Waals surface area contributed by atoms with E-state index in [4.69, 9.17) is 12.2 Å². The summed E-state index contributed by atoms with van der Waals surface area (Å²) in [6.45, 7) is 7.19. The highest BCUT2D eigenvalue weighted by Gasteiger charge is 2.58. The summed E-state index contributed by atoms with van der Waals surface area (Å²) in [5, 5.41) is 0. The second kappa shape index (κ2) is 1.87. The zero-order chi connectivity index (χ0) is 8.28. The standard InChI is InChI=1S/C10H16S/c1-9(2)7-4-5-10(9,3)6-8(7)11/h7H,4-6H2,1-3H3/t7-,10+/m1/s1. The second-order valence-corrected chi connectivity index (χ2v) is 5.54. The van der Waals surface area contributed by atoms with Gasteiger partial charge in [-0.3, -0.25) is 0 Å². The van der Waals surface area contributed by atoms with Crippen LogP contribution in [0.15, 0.2) is 0 Å². The molecule has 0 aromatic heterocycles. The smallest absolute Gasteiger partial charge is 0.00294 e. The van der Waals surface area contributed by atoms with Crippen molar-refractivity contribution < 1.29 is 0 Å². The van der Waals surface area contributed by atoms with Crippen LogP contribution in [0, 0.1) is 16.7 Å². The van der Waals surface area contributed by atoms with Crippen LogP contribution in [0.5, 0.6) is 0 Å². The van der Waals surface area contributed by atoms with E-state index >= 15 is 0 Å². The molecular formula is C10H16S. The third-order valence-electron chi connectivity index (χ3n) is 4.36. The molecule has 2 aliphatic rings. The maximum atomic E-state index is 5.39. The van der Waals surface area contributed by atoms with E-state index in [0.717, 1.165) is 5.92 Å². The van der Waals surface area contributed by atoms with Gasteiger partial charge in [-0.25, -0.2) is 0 Å². The van der Waals surface area contributed by atoms with E-state index in [2.05, 4.69) is 20.8 Å². The normalized spacial score (nSPS) is 46.8. The topological polar surface area (TPSA) is 0 Å². The van der Waals surface area contributed by atoms with Crippen molar-refractivity contribution >= 4 is 17.1 Å². The molecule has 0 aliphatic heterocycles. The first-order chi connectivity index (χ1) is 4.97. The summed E-state index contributed by atoms with van der Waals surface area (Å²) >= 11 is 5.39. The molecule has 2 bridgehead atoms. The number of hydrogen-bond donors (Lipinski definition) is 0. The minimum atomic E-state index is 0.490. The first-order valence-corrected chi connectivity index (χ1v) is 4.91. The fourth-order valence-corrected chi connectivity index (χ4v) is 3.68. The molecule has 0 unspecified atom stereocenters. The molecule has 0 heterocycles. The average molecular weight is 168 g/mol. The molecule has 0 N–H and O–H groups in total. The van der Waals surface area contributed by atoms with Gasteiger partial charge in [0.25, 0.3) is 0 Å². The summed E-state index contributed by atoms with van der Waals surface area (Å²) in [6, 6.07) is 0. The summed E-state index contributed by atoms with van der Waals surface area (Å²) in [7, 11) is 0. The third-order valence-corrected chi connectivity index (χ3v) is 4.79. The van der Waals surface area contributed by atoms with Crippen LogP contribution in [0.3, 0.4) is 0 Å². The van der Waals surface area contributed by atoms with Gasteiger partial charge in [-0.1, -0.05) is 33.0 Å². The molecule has 11 heavy (non-hydrogen) atoms. The Labute approximate surface area is 74.4 Å². The monoisotopic (exact) mass is 168 g/mol. The van der Waals surface area contributed by atoms with Gasteiger partial charge >= 0.3 is 0 Å². The van der Waals surface area contributed by atoms with Gasteiger partial charge < -0.3 is 0 Å². The Hall–Kier alpha value is 0.0900. The molecule has 0 aromatic carbocycles. The number of fused-ring (bicyclic) bond motifs is 2. The molecule has 1 heteroatoms. The Balaban J connectivity index is 2.45. The molecule has 0 nitrogen and oxygen atoms in total. The number of hydrogen-bond acceptors (Lipinski definition) is 1. The van der Waals surface area contributed by atoms with Gasteiger partial charge in [-0.05, 0) is 40.9 Å². The molecule has 2 fully saturated rings.